The van der Waals surface area contributed by atoms with Crippen LogP contribution in [0.2, 0.25) is 0 Å². The summed E-state index contributed by atoms with van der Waals surface area (Å²) in [4.78, 5) is 12.7. The highest BCUT2D eigenvalue weighted by molar-refractivity contribution is 9.11. The fourth-order valence-corrected chi connectivity index (χ4v) is 3.54. The normalized spacial score (nSPS) is 11.0. The molecule has 0 aliphatic heterocycles. The molecular formula is C15H13Br2NO2S. The molecule has 21 heavy (non-hydrogen) atoms. The van der Waals surface area contributed by atoms with Gasteiger partial charge < -0.3 is 10.0 Å². The van der Waals surface area contributed by atoms with Gasteiger partial charge in [0, 0.05) is 29.8 Å². The number of carboxylic acids is 1. The molecule has 0 unspecified atom stereocenters. The summed E-state index contributed by atoms with van der Waals surface area (Å²) in [6.45, 7) is 0.818. The molecule has 0 radical (unpaired) electrons. The van der Waals surface area contributed by atoms with Crippen molar-refractivity contribution < 1.29 is 9.90 Å². The molecule has 6 heteroatoms. The number of thiophene rings is 1. The third-order valence-electron chi connectivity index (χ3n) is 2.87. The Morgan fingerprint density at radius 1 is 1.38 bits per heavy atom. The van der Waals surface area contributed by atoms with Gasteiger partial charge in [-0.3, -0.25) is 0 Å². The Kier molecular flexibility index (Phi) is 5.61. The van der Waals surface area contributed by atoms with Crippen molar-refractivity contribution in [3.05, 3.63) is 55.1 Å². The summed E-state index contributed by atoms with van der Waals surface area (Å²) in [5.41, 5.74) is 3.16. The highest BCUT2D eigenvalue weighted by Crippen LogP contribution is 2.27. The molecule has 1 heterocycles. The van der Waals surface area contributed by atoms with Crippen LogP contribution in [0.3, 0.4) is 0 Å². The molecule has 2 aromatic rings. The predicted molar refractivity (Wildman–Crippen MR) is 94.9 cm³/mol. The molecule has 0 aliphatic rings. The predicted octanol–water partition coefficient (Wildman–Crippen LogP) is 5.01. The van der Waals surface area contributed by atoms with E-state index < -0.39 is 5.97 Å². The zero-order chi connectivity index (χ0) is 15.4. The monoisotopic (exact) mass is 429 g/mol. The fraction of sp³-hybridized carbons (Fsp3) is 0.133. The number of nitrogens with zero attached hydrogens (tertiary/aromatic N) is 1. The molecular weight excluding hydrogens is 418 g/mol. The lowest BCUT2D eigenvalue weighted by Crippen LogP contribution is -2.15. The maximum atomic E-state index is 10.6. The van der Waals surface area contributed by atoms with Crippen LogP contribution in [0.25, 0.3) is 6.08 Å². The SMILES string of the molecule is CN(Cc1csc(Br)c1)c1ccc(/C=C/C(=O)O)c(Br)c1. The molecule has 1 aromatic carbocycles. The van der Waals surface area contributed by atoms with E-state index in [-0.39, 0.29) is 0 Å². The summed E-state index contributed by atoms with van der Waals surface area (Å²) in [5, 5.41) is 10.8. The molecule has 0 amide bonds. The summed E-state index contributed by atoms with van der Waals surface area (Å²) in [6.07, 6.45) is 2.71. The molecule has 0 fully saturated rings. The first-order valence-corrected chi connectivity index (χ1v) is 8.57. The number of rotatable bonds is 5. The van der Waals surface area contributed by atoms with Crippen molar-refractivity contribution in [2.75, 3.05) is 11.9 Å². The topological polar surface area (TPSA) is 40.5 Å². The standard InChI is InChI=1S/C15H13Br2NO2S/c1-18(8-10-6-14(17)21-9-10)12-4-2-11(13(16)7-12)3-5-15(19)20/h2-7,9H,8H2,1H3,(H,19,20)/b5-3+. The summed E-state index contributed by atoms with van der Waals surface area (Å²) < 4.78 is 2.00. The van der Waals surface area contributed by atoms with Crippen LogP contribution < -0.4 is 4.90 Å². The van der Waals surface area contributed by atoms with Crippen molar-refractivity contribution in [3.8, 4) is 0 Å². The van der Waals surface area contributed by atoms with Gasteiger partial charge in [-0.25, -0.2) is 4.79 Å². The Hall–Kier alpha value is -1.11. The first-order valence-electron chi connectivity index (χ1n) is 6.10. The largest absolute Gasteiger partial charge is 0.478 e. The van der Waals surface area contributed by atoms with Crippen molar-refractivity contribution in [3.63, 3.8) is 0 Å². The number of carboxylic acid groups (broad SMARTS) is 1. The lowest BCUT2D eigenvalue weighted by Gasteiger charge is -2.19. The summed E-state index contributed by atoms with van der Waals surface area (Å²) in [5.74, 6) is -0.953. The Labute approximate surface area is 144 Å². The first-order chi connectivity index (χ1) is 9.95. The summed E-state index contributed by atoms with van der Waals surface area (Å²) in [6, 6.07) is 7.98. The van der Waals surface area contributed by atoms with E-state index in [4.69, 9.17) is 5.11 Å². The third-order valence-corrected chi connectivity index (χ3v) is 5.11. The zero-order valence-corrected chi connectivity index (χ0v) is 15.2. The van der Waals surface area contributed by atoms with Gasteiger partial charge >= 0.3 is 5.97 Å². The minimum absolute atomic E-state index is 0.818. The van der Waals surface area contributed by atoms with Crippen LogP contribution in [0.1, 0.15) is 11.1 Å². The van der Waals surface area contributed by atoms with E-state index in [1.54, 1.807) is 17.4 Å². The Balaban J connectivity index is 2.13. The molecule has 3 nitrogen and oxygen atoms in total. The third kappa shape index (κ3) is 4.69. The van der Waals surface area contributed by atoms with Crippen LogP contribution in [-0.4, -0.2) is 18.1 Å². The molecule has 1 aromatic heterocycles. The number of hydrogen-bond donors (Lipinski definition) is 1. The Morgan fingerprint density at radius 3 is 2.71 bits per heavy atom. The first kappa shape index (κ1) is 16.3. The Bertz CT molecular complexity index is 682. The van der Waals surface area contributed by atoms with Gasteiger partial charge in [0.2, 0.25) is 0 Å². The van der Waals surface area contributed by atoms with E-state index >= 15 is 0 Å². The van der Waals surface area contributed by atoms with Gasteiger partial charge in [-0.15, -0.1) is 11.3 Å². The number of anilines is 1. The van der Waals surface area contributed by atoms with E-state index in [9.17, 15) is 4.79 Å². The molecule has 0 bridgehead atoms. The van der Waals surface area contributed by atoms with Gasteiger partial charge in [0.15, 0.2) is 0 Å². The van der Waals surface area contributed by atoms with Crippen molar-refractivity contribution in [2.24, 2.45) is 0 Å². The molecule has 0 saturated heterocycles. The van der Waals surface area contributed by atoms with E-state index in [1.807, 2.05) is 25.2 Å². The van der Waals surface area contributed by atoms with E-state index in [0.29, 0.717) is 0 Å². The second-order valence-corrected chi connectivity index (χ2v) is 7.64. The number of aliphatic carboxylic acids is 1. The van der Waals surface area contributed by atoms with Gasteiger partial charge in [-0.05, 0) is 56.7 Å². The average molecular weight is 431 g/mol. The van der Waals surface area contributed by atoms with Gasteiger partial charge in [0.05, 0.1) is 3.79 Å². The average Bonchev–Trinajstić information content (AvgIpc) is 2.82. The van der Waals surface area contributed by atoms with E-state index in [1.165, 1.54) is 5.56 Å². The van der Waals surface area contributed by atoms with Gasteiger partial charge in [-0.2, -0.15) is 0 Å². The number of carbonyl (C=O) groups is 1. The zero-order valence-electron chi connectivity index (χ0n) is 11.2. The van der Waals surface area contributed by atoms with Crippen LogP contribution in [0.5, 0.6) is 0 Å². The molecule has 1 N–H and O–H groups in total. The molecule has 110 valence electrons. The smallest absolute Gasteiger partial charge is 0.328 e. The summed E-state index contributed by atoms with van der Waals surface area (Å²) >= 11 is 8.62. The minimum Gasteiger partial charge on any atom is -0.478 e. The highest BCUT2D eigenvalue weighted by atomic mass is 79.9. The molecule has 2 rings (SSSR count). The number of benzene rings is 1. The molecule has 0 aliphatic carbocycles. The van der Waals surface area contributed by atoms with Gasteiger partial charge in [0.25, 0.3) is 0 Å². The van der Waals surface area contributed by atoms with Crippen LogP contribution >= 0.6 is 43.2 Å². The van der Waals surface area contributed by atoms with E-state index in [2.05, 4.69) is 48.2 Å². The maximum Gasteiger partial charge on any atom is 0.328 e. The van der Waals surface area contributed by atoms with Crippen molar-refractivity contribution >= 4 is 60.9 Å². The highest BCUT2D eigenvalue weighted by Gasteiger charge is 2.06. The van der Waals surface area contributed by atoms with Crippen molar-refractivity contribution in [1.82, 2.24) is 0 Å². The Morgan fingerprint density at radius 2 is 2.14 bits per heavy atom. The lowest BCUT2D eigenvalue weighted by atomic mass is 10.1. The molecule has 0 spiro atoms. The van der Waals surface area contributed by atoms with Gasteiger partial charge in [-0.1, -0.05) is 22.0 Å². The van der Waals surface area contributed by atoms with Crippen molar-refractivity contribution in [2.45, 2.75) is 6.54 Å². The van der Waals surface area contributed by atoms with Crippen LogP contribution in [0.15, 0.2) is 44.0 Å². The fourth-order valence-electron chi connectivity index (χ4n) is 1.84. The quantitative estimate of drug-likeness (QED) is 0.678. The summed E-state index contributed by atoms with van der Waals surface area (Å²) in [7, 11) is 2.03. The lowest BCUT2D eigenvalue weighted by molar-refractivity contribution is -0.131. The number of halogens is 2. The maximum absolute atomic E-state index is 10.6. The van der Waals surface area contributed by atoms with Crippen LogP contribution in [0.4, 0.5) is 5.69 Å². The molecule has 0 atom stereocenters. The van der Waals surface area contributed by atoms with Gasteiger partial charge in [0.1, 0.15) is 0 Å². The minimum atomic E-state index is -0.953. The van der Waals surface area contributed by atoms with Crippen LogP contribution in [-0.2, 0) is 11.3 Å². The molecule has 0 saturated carbocycles. The van der Waals surface area contributed by atoms with Crippen LogP contribution in [0, 0.1) is 0 Å². The second-order valence-electron chi connectivity index (χ2n) is 4.49. The van der Waals surface area contributed by atoms with E-state index in [0.717, 1.165) is 32.1 Å². The number of hydrogen-bond acceptors (Lipinski definition) is 3. The van der Waals surface area contributed by atoms with Crippen molar-refractivity contribution in [1.29, 1.82) is 0 Å². The second kappa shape index (κ2) is 7.24.